The van der Waals surface area contributed by atoms with Crippen molar-refractivity contribution in [3.05, 3.63) is 436 Å². The summed E-state index contributed by atoms with van der Waals surface area (Å²) in [5.74, 6) is -8.72. The minimum absolute atomic E-state index is 0.897. The molecule has 0 spiro atoms. The zero-order valence-corrected chi connectivity index (χ0v) is 68.3. The van der Waals surface area contributed by atoms with E-state index in [0.29, 0.717) is 0 Å². The van der Waals surface area contributed by atoms with Crippen LogP contribution in [0.2, 0.25) is 0 Å². The van der Waals surface area contributed by atoms with Gasteiger partial charge >= 0.3 is 0 Å². The highest BCUT2D eigenvalue weighted by Crippen LogP contribution is 2.90. The Kier molecular flexibility index (Phi) is 24.9. The molecule has 544 valence electrons. The summed E-state index contributed by atoms with van der Waals surface area (Å²) in [5.41, 5.74) is 13.5. The van der Waals surface area contributed by atoms with E-state index in [1.54, 1.807) is 0 Å². The van der Waals surface area contributed by atoms with Crippen LogP contribution in [-0.2, 0) is 6.42 Å². The fraction of sp³-hybridized carbons (Fsp3) is 0.0118. The Morgan fingerprint density at radius 2 is 0.266 bits per heavy atom. The van der Waals surface area contributed by atoms with E-state index >= 15 is 0 Å². The van der Waals surface area contributed by atoms with Gasteiger partial charge in [-0.1, -0.05) is 279 Å². The molecule has 0 amide bonds. The van der Waals surface area contributed by atoms with Gasteiger partial charge in [0.1, 0.15) is 0 Å². The Hall–Kier alpha value is -9.00. The van der Waals surface area contributed by atoms with Gasteiger partial charge < -0.3 is 0 Å². The molecule has 0 aliphatic carbocycles. The lowest BCUT2D eigenvalue weighted by Gasteiger charge is -2.54. The van der Waals surface area contributed by atoms with Crippen LogP contribution >= 0.6 is 108 Å². The van der Waals surface area contributed by atoms with Gasteiger partial charge in [-0.3, -0.25) is 28.0 Å². The minimum atomic E-state index is -4.17. The topological polar surface area (TPSA) is 93.6 Å². The standard InChI is InChI=1S/C72H60N9P3.C13H12.Cl6N3P3/c1-13-37-61(38-14-1)76(62-39-15-2-16-40-62)82(77(63-41-17-3-18-42-63)64-43-19-4-20-44-64)73-83(78(65-45-21-5-22-46-65)66-47-23-6-24-48-66,79(67-49-25-7-26-50-67)68-51-27-8-28-52-68)75-84(74-82,80(69-53-29-9-30-54-69)70-55-31-10-32-56-70)81(71-57-33-11-34-58-71)72-59-35-12-36-60-72;1-3-7-12(8-4-1)11-13-9-5-2-6-10-13;1-10(2)7-11(3,4)9-12(5,6)8-10/h1-60H;1-10H,11H2;. The van der Waals surface area contributed by atoms with E-state index in [1.165, 1.54) is 11.1 Å². The average Bonchev–Trinajstić information content (AvgIpc) is 0.674. The summed E-state index contributed by atoms with van der Waals surface area (Å²) in [6, 6.07) is 150. The van der Waals surface area contributed by atoms with E-state index in [4.69, 9.17) is 81.0 Å². The third-order valence-electron chi connectivity index (χ3n) is 17.1. The molecule has 2 aliphatic rings. The molecule has 0 atom stereocenters. The van der Waals surface area contributed by atoms with Crippen LogP contribution in [0.25, 0.3) is 0 Å². The molecule has 16 rings (SSSR count). The molecule has 2 aliphatic heterocycles. The van der Waals surface area contributed by atoms with Gasteiger partial charge in [-0.05, 0) is 231 Å². The maximum Gasteiger partial charge on any atom is 0.282 e. The van der Waals surface area contributed by atoms with Gasteiger partial charge in [0.2, 0.25) is 0 Å². The van der Waals surface area contributed by atoms with E-state index in [1.807, 2.05) is 0 Å². The first-order valence-corrected chi connectivity index (χ1v) is 50.1. The zero-order valence-electron chi connectivity index (χ0n) is 58.4. The number of hydrogen-bond acceptors (Lipinski definition) is 12. The van der Waals surface area contributed by atoms with Gasteiger partial charge in [0.05, 0.1) is 0 Å². The third kappa shape index (κ3) is 18.1. The van der Waals surface area contributed by atoms with Crippen LogP contribution in [0.15, 0.2) is 452 Å². The lowest BCUT2D eigenvalue weighted by Crippen LogP contribution is -2.34. The molecule has 14 aromatic carbocycles. The molecule has 0 saturated carbocycles. The van der Waals surface area contributed by atoms with Gasteiger partial charge in [-0.2, -0.15) is 27.1 Å². The molecule has 0 saturated heterocycles. The van der Waals surface area contributed by atoms with Crippen LogP contribution in [0.4, 0.5) is 68.2 Å². The first-order chi connectivity index (χ1) is 53.2. The largest absolute Gasteiger partial charge is 0.282 e. The number of benzene rings is 14. The van der Waals surface area contributed by atoms with Crippen LogP contribution in [0.3, 0.4) is 0 Å². The van der Waals surface area contributed by atoms with Gasteiger partial charge in [-0.25, -0.2) is 0 Å². The SMILES string of the molecule is ClP1(Cl)=NP(Cl)(Cl)=NP(Cl)(Cl)=N1.c1ccc(Cc2ccccc2)cc1.c1ccc(N(c2ccccc2)P2(N(c3ccccc3)c3ccccc3)=NP(N(c3ccccc3)c3ccccc3)(N(c3ccccc3)c3ccccc3)=NP(N(c3ccccc3)c3ccccc3)(N(c3ccccc3)c3ccccc3)=N2)cc1. The quantitative estimate of drug-likeness (QED) is 0.0706. The van der Waals surface area contributed by atoms with E-state index < -0.39 is 40.3 Å². The molecule has 2 heterocycles. The molecule has 0 radical (unpaired) electrons. The molecule has 0 aromatic heterocycles. The fourth-order valence-electron chi connectivity index (χ4n) is 12.7. The predicted molar refractivity (Wildman–Crippen MR) is 477 cm³/mol. The van der Waals surface area contributed by atoms with Crippen molar-refractivity contribution in [1.29, 1.82) is 0 Å². The van der Waals surface area contributed by atoms with E-state index in [2.05, 4.69) is 466 Å². The Morgan fingerprint density at radius 3 is 0.385 bits per heavy atom. The second-order valence-corrected chi connectivity index (χ2v) is 47.2. The zero-order chi connectivity index (χ0) is 75.0. The van der Waals surface area contributed by atoms with Crippen LogP contribution in [0, 0.1) is 0 Å². The summed E-state index contributed by atoms with van der Waals surface area (Å²) < 4.78 is 47.2. The molecular formula is C85H72Cl6N12P6. The van der Waals surface area contributed by atoms with Crippen LogP contribution in [0.1, 0.15) is 11.1 Å². The first-order valence-electron chi connectivity index (χ1n) is 34.8. The summed E-state index contributed by atoms with van der Waals surface area (Å²) in [5, 5.41) is 0. The van der Waals surface area contributed by atoms with Crippen molar-refractivity contribution in [2.45, 2.75) is 6.42 Å². The summed E-state index contributed by atoms with van der Waals surface area (Å²) in [4.78, 5) is 0. The third-order valence-corrected chi connectivity index (χ3v) is 41.3. The molecule has 12 nitrogen and oxygen atoms in total. The molecule has 24 heteroatoms. The number of anilines is 12. The summed E-state index contributed by atoms with van der Waals surface area (Å²) in [6.45, 7) is 0. The van der Waals surface area contributed by atoms with Crippen molar-refractivity contribution in [2.75, 3.05) is 28.0 Å². The van der Waals surface area contributed by atoms with E-state index in [0.717, 1.165) is 74.7 Å². The molecule has 0 bridgehead atoms. The highest BCUT2D eigenvalue weighted by Gasteiger charge is 2.56. The molecular weight excluding hydrogens is 1590 g/mol. The summed E-state index contributed by atoms with van der Waals surface area (Å²) in [7, 11) is -12.5. The highest BCUT2D eigenvalue weighted by atomic mass is 35.9. The Morgan fingerprint density at radius 1 is 0.156 bits per heavy atom. The van der Waals surface area contributed by atoms with Gasteiger partial charge in [0, 0.05) is 68.2 Å². The van der Waals surface area contributed by atoms with Crippen LogP contribution < -0.4 is 28.0 Å². The van der Waals surface area contributed by atoms with Crippen molar-refractivity contribution < 1.29 is 0 Å². The number of para-hydroxylation sites is 12. The van der Waals surface area contributed by atoms with Crippen molar-refractivity contribution in [1.82, 2.24) is 0 Å². The van der Waals surface area contributed by atoms with Crippen molar-refractivity contribution in [3.8, 4) is 0 Å². The molecule has 0 N–H and O–H groups in total. The predicted octanol–water partition coefficient (Wildman–Crippen LogP) is 33.4. The minimum Gasteiger partial charge on any atom is -0.273 e. The van der Waals surface area contributed by atoms with E-state index in [9.17, 15) is 0 Å². The van der Waals surface area contributed by atoms with Gasteiger partial charge in [0.25, 0.3) is 40.3 Å². The first kappa shape index (κ1) is 76.8. The number of halogens is 6. The Bertz CT molecular complexity index is 4570. The second kappa shape index (κ2) is 35.4. The maximum absolute atomic E-state index is 7.16. The number of nitrogens with zero attached hydrogens (tertiary/aromatic N) is 12. The summed E-state index contributed by atoms with van der Waals surface area (Å²) >= 11 is 33.9. The lowest BCUT2D eigenvalue weighted by atomic mass is 10.1. The lowest BCUT2D eigenvalue weighted by molar-refractivity contribution is 1.19. The molecule has 0 fully saturated rings. The monoisotopic (exact) mass is 1660 g/mol. The van der Waals surface area contributed by atoms with Crippen molar-refractivity contribution >= 4 is 176 Å². The molecule has 0 unspecified atom stereocenters. The van der Waals surface area contributed by atoms with Crippen LogP contribution in [-0.4, -0.2) is 0 Å². The second-order valence-electron chi connectivity index (χ2n) is 24.6. The summed E-state index contributed by atoms with van der Waals surface area (Å²) in [6.07, 6.45) is 1.03. The Labute approximate surface area is 667 Å². The normalized spacial score (nSPS) is 14.9. The number of hydrogen-bond donors (Lipinski definition) is 0. The maximum atomic E-state index is 7.16. The highest BCUT2D eigenvalue weighted by molar-refractivity contribution is 8.26. The van der Waals surface area contributed by atoms with Gasteiger partial charge in [0.15, 0.2) is 0 Å². The molecule has 109 heavy (non-hydrogen) atoms. The molecule has 14 aromatic rings. The smallest absolute Gasteiger partial charge is 0.273 e. The Balaban J connectivity index is 0.000000334. The average molecular weight is 1660 g/mol. The van der Waals surface area contributed by atoms with Crippen LogP contribution in [0.5, 0.6) is 0 Å². The number of rotatable bonds is 20. The van der Waals surface area contributed by atoms with Crippen molar-refractivity contribution in [3.63, 3.8) is 0 Å². The fourth-order valence-corrected chi connectivity index (χ4v) is 46.5. The van der Waals surface area contributed by atoms with Gasteiger partial charge in [-0.15, -0.1) is 0 Å². The van der Waals surface area contributed by atoms with E-state index in [-0.39, 0.29) is 0 Å². The van der Waals surface area contributed by atoms with Crippen molar-refractivity contribution in [2.24, 2.45) is 27.1 Å².